The number of aromatic nitrogens is 2. The number of nitrogens with one attached hydrogen (secondary N) is 2. The van der Waals surface area contributed by atoms with Crippen LogP contribution in [0, 0.1) is 0 Å². The normalized spacial score (nSPS) is 10.7. The molecule has 9 nitrogen and oxygen atoms in total. The maximum Gasteiger partial charge on any atom is 0.411 e. The number of nitrogen functional groups attached to an aromatic ring is 1. The highest BCUT2D eigenvalue weighted by Gasteiger charge is 2.10. The molecule has 0 spiro atoms. The quantitative estimate of drug-likeness (QED) is 0.269. The second-order valence-electron chi connectivity index (χ2n) is 7.57. The van der Waals surface area contributed by atoms with Gasteiger partial charge < -0.3 is 20.5 Å². The number of benzene rings is 3. The topological polar surface area (TPSA) is 120 Å². The zero-order chi connectivity index (χ0) is 23.9. The zero-order valence-electron chi connectivity index (χ0n) is 18.7. The minimum Gasteiger partial charge on any atom is -0.447 e. The first-order valence-corrected chi connectivity index (χ1v) is 10.7. The first-order valence-electron chi connectivity index (χ1n) is 10.7. The molecule has 0 aliphatic rings. The van der Waals surface area contributed by atoms with E-state index in [2.05, 4.69) is 15.7 Å². The highest BCUT2D eigenvalue weighted by Crippen LogP contribution is 2.21. The summed E-state index contributed by atoms with van der Waals surface area (Å²) in [6, 6.07) is 20.0. The molecule has 0 fully saturated rings. The van der Waals surface area contributed by atoms with Gasteiger partial charge in [0.1, 0.15) is 6.61 Å². The predicted octanol–water partition coefficient (Wildman–Crippen LogP) is 4.11. The van der Waals surface area contributed by atoms with Gasteiger partial charge >= 0.3 is 6.09 Å². The van der Waals surface area contributed by atoms with E-state index in [4.69, 9.17) is 15.2 Å². The van der Waals surface area contributed by atoms with Gasteiger partial charge in [-0.05, 0) is 48.0 Å². The monoisotopic (exact) mass is 459 g/mol. The molecule has 34 heavy (non-hydrogen) atoms. The van der Waals surface area contributed by atoms with Crippen LogP contribution in [0.3, 0.4) is 0 Å². The number of amides is 2. The average Bonchev–Trinajstić information content (AvgIpc) is 3.23. The first kappa shape index (κ1) is 22.8. The third-order valence-corrected chi connectivity index (χ3v) is 5.17. The molecular weight excluding hydrogens is 434 g/mol. The molecule has 4 N–H and O–H groups in total. The number of hydrogen-bond acceptors (Lipinski definition) is 6. The van der Waals surface area contributed by atoms with Crippen LogP contribution in [0.5, 0.6) is 0 Å². The lowest BCUT2D eigenvalue weighted by molar-refractivity contribution is 0.102. The van der Waals surface area contributed by atoms with E-state index in [1.165, 1.54) is 0 Å². The van der Waals surface area contributed by atoms with Crippen LogP contribution in [-0.2, 0) is 16.0 Å². The van der Waals surface area contributed by atoms with Gasteiger partial charge in [0.15, 0.2) is 0 Å². The predicted molar refractivity (Wildman–Crippen MR) is 131 cm³/mol. The number of carbonyl (C=O) groups excluding carboxylic acids is 2. The number of nitrogens with two attached hydrogens (primary N) is 1. The average molecular weight is 460 g/mol. The van der Waals surface area contributed by atoms with E-state index in [0.29, 0.717) is 35.8 Å². The second-order valence-corrected chi connectivity index (χ2v) is 7.57. The number of carbonyl (C=O) groups is 2. The van der Waals surface area contributed by atoms with Gasteiger partial charge in [0.2, 0.25) is 0 Å². The summed E-state index contributed by atoms with van der Waals surface area (Å²) < 4.78 is 11.7. The highest BCUT2D eigenvalue weighted by atomic mass is 16.6. The highest BCUT2D eigenvalue weighted by molar-refractivity contribution is 6.05. The minimum absolute atomic E-state index is 0.184. The summed E-state index contributed by atoms with van der Waals surface area (Å²) in [6.07, 6.45) is 1.20. The molecule has 2 amide bonds. The van der Waals surface area contributed by atoms with Gasteiger partial charge in [0.05, 0.1) is 36.2 Å². The van der Waals surface area contributed by atoms with Crippen LogP contribution in [0.2, 0.25) is 0 Å². The molecule has 0 saturated carbocycles. The van der Waals surface area contributed by atoms with E-state index in [1.807, 2.05) is 41.1 Å². The fourth-order valence-electron chi connectivity index (χ4n) is 3.40. The van der Waals surface area contributed by atoms with Crippen LogP contribution in [0.15, 0.2) is 72.9 Å². The summed E-state index contributed by atoms with van der Waals surface area (Å²) >= 11 is 0. The fraction of sp³-hybridized carbons (Fsp3) is 0.160. The van der Waals surface area contributed by atoms with Gasteiger partial charge in [-0.3, -0.25) is 14.8 Å². The molecule has 0 radical (unpaired) electrons. The number of ether oxygens (including phenoxy) is 2. The molecule has 0 aliphatic heterocycles. The van der Waals surface area contributed by atoms with Crippen LogP contribution >= 0.6 is 0 Å². The molecule has 9 heteroatoms. The van der Waals surface area contributed by atoms with Crippen LogP contribution in [0.4, 0.5) is 21.9 Å². The number of nitrogens with zero attached hydrogens (tertiary/aromatic N) is 2. The molecule has 3 aromatic carbocycles. The van der Waals surface area contributed by atoms with Gasteiger partial charge in [0.25, 0.3) is 5.91 Å². The lowest BCUT2D eigenvalue weighted by Gasteiger charge is -2.09. The van der Waals surface area contributed by atoms with E-state index >= 15 is 0 Å². The Morgan fingerprint density at radius 3 is 2.56 bits per heavy atom. The number of anilines is 3. The standard InChI is InChI=1S/C25H25N5O4/c1-33-12-13-34-25(32)28-20-10-11-23-19(14-20)15-27-30(23)16-17-6-8-18(9-7-17)24(31)29-22-5-3-2-4-21(22)26/h2-11,14-15H,12-13,16,26H2,1H3,(H,28,32)(H,29,31). The lowest BCUT2D eigenvalue weighted by Crippen LogP contribution is -2.16. The molecule has 0 saturated heterocycles. The number of methoxy groups -OCH3 is 1. The fourth-order valence-corrected chi connectivity index (χ4v) is 3.40. The van der Waals surface area contributed by atoms with E-state index in [1.54, 1.807) is 43.6 Å². The molecule has 0 aliphatic carbocycles. The Morgan fingerprint density at radius 1 is 1.00 bits per heavy atom. The summed E-state index contributed by atoms with van der Waals surface area (Å²) in [6.45, 7) is 1.05. The van der Waals surface area contributed by atoms with Crippen LogP contribution in [-0.4, -0.2) is 42.1 Å². The molecule has 0 bridgehead atoms. The maximum absolute atomic E-state index is 12.5. The molecule has 1 heterocycles. The van der Waals surface area contributed by atoms with Crippen molar-refractivity contribution < 1.29 is 19.1 Å². The zero-order valence-corrected chi connectivity index (χ0v) is 18.7. The number of rotatable bonds is 8. The van der Waals surface area contributed by atoms with E-state index in [9.17, 15) is 9.59 Å². The summed E-state index contributed by atoms with van der Waals surface area (Å²) in [5, 5.41) is 10.9. The molecule has 4 rings (SSSR count). The van der Waals surface area contributed by atoms with Crippen molar-refractivity contribution in [3.8, 4) is 0 Å². The summed E-state index contributed by atoms with van der Waals surface area (Å²) in [5.74, 6) is -0.227. The molecule has 1 aromatic heterocycles. The molecule has 0 unspecified atom stereocenters. The first-order chi connectivity index (χ1) is 16.5. The summed E-state index contributed by atoms with van der Waals surface area (Å²) in [5.41, 5.74) is 10.0. The Labute approximate surface area is 196 Å². The van der Waals surface area contributed by atoms with Gasteiger partial charge in [-0.1, -0.05) is 24.3 Å². The molecule has 174 valence electrons. The number of para-hydroxylation sites is 2. The Kier molecular flexibility index (Phi) is 7.04. The van der Waals surface area contributed by atoms with E-state index < -0.39 is 6.09 Å². The minimum atomic E-state index is -0.539. The third kappa shape index (κ3) is 5.51. The van der Waals surface area contributed by atoms with Crippen molar-refractivity contribution in [2.45, 2.75) is 6.54 Å². The van der Waals surface area contributed by atoms with Crippen molar-refractivity contribution >= 4 is 40.0 Å². The Bertz CT molecular complexity index is 1300. The van der Waals surface area contributed by atoms with Gasteiger partial charge in [0, 0.05) is 23.7 Å². The lowest BCUT2D eigenvalue weighted by atomic mass is 10.1. The number of fused-ring (bicyclic) bond motifs is 1. The van der Waals surface area contributed by atoms with Crippen molar-refractivity contribution in [2.75, 3.05) is 36.7 Å². The second kappa shape index (κ2) is 10.5. The SMILES string of the molecule is COCCOC(=O)Nc1ccc2c(cnn2Cc2ccc(C(=O)Nc3ccccc3N)cc2)c1. The van der Waals surface area contributed by atoms with Crippen molar-refractivity contribution in [2.24, 2.45) is 0 Å². The van der Waals surface area contributed by atoms with Gasteiger partial charge in [-0.25, -0.2) is 4.79 Å². The molecule has 0 atom stereocenters. The maximum atomic E-state index is 12.5. The van der Waals surface area contributed by atoms with Crippen LogP contribution in [0.1, 0.15) is 15.9 Å². The Balaban J connectivity index is 1.40. The third-order valence-electron chi connectivity index (χ3n) is 5.17. The van der Waals surface area contributed by atoms with Crippen molar-refractivity contribution in [3.63, 3.8) is 0 Å². The Hall–Kier alpha value is -4.37. The summed E-state index contributed by atoms with van der Waals surface area (Å²) in [4.78, 5) is 24.3. The van der Waals surface area contributed by atoms with E-state index in [-0.39, 0.29) is 12.5 Å². The van der Waals surface area contributed by atoms with Crippen molar-refractivity contribution in [1.29, 1.82) is 0 Å². The largest absolute Gasteiger partial charge is 0.447 e. The molecule has 4 aromatic rings. The summed E-state index contributed by atoms with van der Waals surface area (Å²) in [7, 11) is 1.54. The Morgan fingerprint density at radius 2 is 1.79 bits per heavy atom. The van der Waals surface area contributed by atoms with Crippen LogP contribution in [0.25, 0.3) is 10.9 Å². The van der Waals surface area contributed by atoms with Gasteiger partial charge in [-0.2, -0.15) is 5.10 Å². The van der Waals surface area contributed by atoms with Gasteiger partial charge in [-0.15, -0.1) is 0 Å². The van der Waals surface area contributed by atoms with Crippen molar-refractivity contribution in [1.82, 2.24) is 9.78 Å². The van der Waals surface area contributed by atoms with Crippen LogP contribution < -0.4 is 16.4 Å². The number of hydrogen-bond donors (Lipinski definition) is 3. The van der Waals surface area contributed by atoms with Crippen molar-refractivity contribution in [3.05, 3.63) is 84.1 Å². The van der Waals surface area contributed by atoms with E-state index in [0.717, 1.165) is 16.5 Å². The smallest absolute Gasteiger partial charge is 0.411 e. The molecular formula is C25H25N5O4.